The van der Waals surface area contributed by atoms with Crippen molar-refractivity contribution in [3.8, 4) is 0 Å². The molecule has 1 aliphatic carbocycles. The number of nitrogens with one attached hydrogen (secondary N) is 1. The number of hydrogen-bond donors (Lipinski definition) is 1. The van der Waals surface area contributed by atoms with Crippen LogP contribution in [0.3, 0.4) is 0 Å². The Hall–Kier alpha value is -1.61. The predicted octanol–water partition coefficient (Wildman–Crippen LogP) is 3.15. The Morgan fingerprint density at radius 2 is 2.28 bits per heavy atom. The van der Waals surface area contributed by atoms with Crippen LogP contribution in [0.15, 0.2) is 34.9 Å². The molecule has 0 bridgehead atoms. The molecule has 1 unspecified atom stereocenters. The Morgan fingerprint density at radius 3 is 3.11 bits per heavy atom. The number of rotatable bonds is 3. The zero-order chi connectivity index (χ0) is 12.4. The molecule has 18 heavy (non-hydrogen) atoms. The van der Waals surface area contributed by atoms with E-state index in [0.717, 1.165) is 18.0 Å². The average molecular weight is 242 g/mol. The lowest BCUT2D eigenvalue weighted by Crippen LogP contribution is -2.24. The fraction of sp³-hybridized carbons (Fsp3) is 0.400. The molecular formula is C15H18N2O. The van der Waals surface area contributed by atoms with Crippen molar-refractivity contribution in [2.45, 2.75) is 38.8 Å². The van der Waals surface area contributed by atoms with Gasteiger partial charge >= 0.3 is 0 Å². The highest BCUT2D eigenvalue weighted by molar-refractivity contribution is 5.32. The van der Waals surface area contributed by atoms with E-state index in [2.05, 4.69) is 34.7 Å². The van der Waals surface area contributed by atoms with Gasteiger partial charge in [-0.3, -0.25) is 0 Å². The third kappa shape index (κ3) is 2.31. The van der Waals surface area contributed by atoms with Crippen LogP contribution < -0.4 is 5.32 Å². The molecule has 0 saturated carbocycles. The minimum atomic E-state index is 0.451. The van der Waals surface area contributed by atoms with E-state index in [1.807, 2.05) is 13.0 Å². The first kappa shape index (κ1) is 11.5. The SMILES string of the molecule is Cc1cc(CNC2CCCc3ccccc32)no1. The highest BCUT2D eigenvalue weighted by Gasteiger charge is 2.19. The molecule has 3 nitrogen and oxygen atoms in total. The Balaban J connectivity index is 1.71. The second-order valence-electron chi connectivity index (χ2n) is 4.95. The molecule has 1 aromatic heterocycles. The summed E-state index contributed by atoms with van der Waals surface area (Å²) in [4.78, 5) is 0. The van der Waals surface area contributed by atoms with Gasteiger partial charge in [0.1, 0.15) is 5.76 Å². The summed E-state index contributed by atoms with van der Waals surface area (Å²) in [7, 11) is 0. The summed E-state index contributed by atoms with van der Waals surface area (Å²) in [5.41, 5.74) is 3.91. The van der Waals surface area contributed by atoms with Gasteiger partial charge in [0.25, 0.3) is 0 Å². The van der Waals surface area contributed by atoms with E-state index >= 15 is 0 Å². The third-order valence-electron chi connectivity index (χ3n) is 3.58. The van der Waals surface area contributed by atoms with E-state index in [9.17, 15) is 0 Å². The van der Waals surface area contributed by atoms with E-state index < -0.39 is 0 Å². The summed E-state index contributed by atoms with van der Waals surface area (Å²) in [6.45, 7) is 2.70. The van der Waals surface area contributed by atoms with Gasteiger partial charge in [-0.25, -0.2) is 0 Å². The molecule has 2 aromatic rings. The number of benzene rings is 1. The molecule has 1 aliphatic rings. The quantitative estimate of drug-likeness (QED) is 0.898. The first-order valence-electron chi connectivity index (χ1n) is 6.56. The molecule has 94 valence electrons. The molecule has 1 N–H and O–H groups in total. The molecular weight excluding hydrogens is 224 g/mol. The van der Waals surface area contributed by atoms with Gasteiger partial charge in [-0.1, -0.05) is 29.4 Å². The third-order valence-corrected chi connectivity index (χ3v) is 3.58. The van der Waals surface area contributed by atoms with Gasteiger partial charge in [-0.15, -0.1) is 0 Å². The molecule has 0 aliphatic heterocycles. The van der Waals surface area contributed by atoms with Crippen molar-refractivity contribution in [2.24, 2.45) is 0 Å². The first-order chi connectivity index (χ1) is 8.83. The molecule has 0 radical (unpaired) electrons. The number of hydrogen-bond acceptors (Lipinski definition) is 3. The maximum Gasteiger partial charge on any atom is 0.133 e. The van der Waals surface area contributed by atoms with E-state index in [1.165, 1.54) is 30.4 Å². The lowest BCUT2D eigenvalue weighted by Gasteiger charge is -2.26. The van der Waals surface area contributed by atoms with Crippen LogP contribution in [-0.4, -0.2) is 5.16 Å². The molecule has 0 amide bonds. The molecule has 3 rings (SSSR count). The van der Waals surface area contributed by atoms with Crippen LogP contribution in [0.25, 0.3) is 0 Å². The van der Waals surface area contributed by atoms with Gasteiger partial charge in [0.15, 0.2) is 0 Å². The first-order valence-corrected chi connectivity index (χ1v) is 6.56. The van der Waals surface area contributed by atoms with Crippen molar-refractivity contribution < 1.29 is 4.52 Å². The lowest BCUT2D eigenvalue weighted by atomic mass is 9.88. The standard InChI is InChI=1S/C15H18N2O/c1-11-9-13(17-18-11)10-16-15-8-4-6-12-5-2-3-7-14(12)15/h2-3,5,7,9,15-16H,4,6,8,10H2,1H3. The Bertz CT molecular complexity index is 533. The predicted molar refractivity (Wildman–Crippen MR) is 70.2 cm³/mol. The molecule has 3 heteroatoms. The maximum atomic E-state index is 5.08. The highest BCUT2D eigenvalue weighted by Crippen LogP contribution is 2.29. The van der Waals surface area contributed by atoms with Crippen molar-refractivity contribution in [3.63, 3.8) is 0 Å². The molecule has 1 heterocycles. The van der Waals surface area contributed by atoms with Crippen LogP contribution in [-0.2, 0) is 13.0 Å². The number of fused-ring (bicyclic) bond motifs is 1. The van der Waals surface area contributed by atoms with Crippen LogP contribution in [0, 0.1) is 6.92 Å². The largest absolute Gasteiger partial charge is 0.361 e. The van der Waals surface area contributed by atoms with Gasteiger partial charge < -0.3 is 9.84 Å². The lowest BCUT2D eigenvalue weighted by molar-refractivity contribution is 0.382. The number of aromatic nitrogens is 1. The summed E-state index contributed by atoms with van der Waals surface area (Å²) in [6.07, 6.45) is 3.66. The summed E-state index contributed by atoms with van der Waals surface area (Å²) in [5, 5.41) is 7.60. The van der Waals surface area contributed by atoms with Crippen molar-refractivity contribution in [3.05, 3.63) is 52.9 Å². The molecule has 1 aromatic carbocycles. The van der Waals surface area contributed by atoms with Crippen molar-refractivity contribution in [1.29, 1.82) is 0 Å². The minimum Gasteiger partial charge on any atom is -0.361 e. The van der Waals surface area contributed by atoms with E-state index in [0.29, 0.717) is 6.04 Å². The average Bonchev–Trinajstić information content (AvgIpc) is 2.82. The summed E-state index contributed by atoms with van der Waals surface area (Å²) < 4.78 is 5.08. The van der Waals surface area contributed by atoms with Crippen molar-refractivity contribution >= 4 is 0 Å². The van der Waals surface area contributed by atoms with Gasteiger partial charge in [0, 0.05) is 18.7 Å². The van der Waals surface area contributed by atoms with Crippen LogP contribution in [0.4, 0.5) is 0 Å². The Morgan fingerprint density at radius 1 is 1.39 bits per heavy atom. The zero-order valence-electron chi connectivity index (χ0n) is 10.6. The fourth-order valence-electron chi connectivity index (χ4n) is 2.70. The van der Waals surface area contributed by atoms with E-state index in [-0.39, 0.29) is 0 Å². The fourth-order valence-corrected chi connectivity index (χ4v) is 2.70. The van der Waals surface area contributed by atoms with Crippen LogP contribution in [0.1, 0.15) is 41.5 Å². The number of aryl methyl sites for hydroxylation is 2. The number of nitrogens with zero attached hydrogens (tertiary/aromatic N) is 1. The Labute approximate surface area is 107 Å². The van der Waals surface area contributed by atoms with Gasteiger partial charge in [-0.05, 0) is 37.3 Å². The minimum absolute atomic E-state index is 0.451. The van der Waals surface area contributed by atoms with Gasteiger partial charge in [0.2, 0.25) is 0 Å². The summed E-state index contributed by atoms with van der Waals surface area (Å²) >= 11 is 0. The van der Waals surface area contributed by atoms with E-state index in [4.69, 9.17) is 4.52 Å². The topological polar surface area (TPSA) is 38.1 Å². The van der Waals surface area contributed by atoms with Crippen LogP contribution in [0.2, 0.25) is 0 Å². The normalized spacial score (nSPS) is 18.6. The zero-order valence-corrected chi connectivity index (χ0v) is 10.6. The Kier molecular flexibility index (Phi) is 3.15. The van der Waals surface area contributed by atoms with Crippen LogP contribution in [0.5, 0.6) is 0 Å². The van der Waals surface area contributed by atoms with Crippen molar-refractivity contribution in [2.75, 3.05) is 0 Å². The van der Waals surface area contributed by atoms with Crippen LogP contribution >= 0.6 is 0 Å². The highest BCUT2D eigenvalue weighted by atomic mass is 16.5. The molecule has 1 atom stereocenters. The van der Waals surface area contributed by atoms with Gasteiger partial charge in [0.05, 0.1) is 5.69 Å². The summed E-state index contributed by atoms with van der Waals surface area (Å²) in [5.74, 6) is 0.871. The molecule has 0 fully saturated rings. The smallest absolute Gasteiger partial charge is 0.133 e. The monoisotopic (exact) mass is 242 g/mol. The molecule has 0 saturated heterocycles. The molecule has 0 spiro atoms. The van der Waals surface area contributed by atoms with E-state index in [1.54, 1.807) is 0 Å². The summed E-state index contributed by atoms with van der Waals surface area (Å²) in [6, 6.07) is 11.2. The second-order valence-corrected chi connectivity index (χ2v) is 4.95. The second kappa shape index (κ2) is 4.94. The van der Waals surface area contributed by atoms with Gasteiger partial charge in [-0.2, -0.15) is 0 Å². The maximum absolute atomic E-state index is 5.08. The van der Waals surface area contributed by atoms with Crippen molar-refractivity contribution in [1.82, 2.24) is 10.5 Å².